The van der Waals surface area contributed by atoms with Gasteiger partial charge in [-0.2, -0.15) is 4.98 Å². The van der Waals surface area contributed by atoms with Crippen LogP contribution in [0.2, 0.25) is 0 Å². The third-order valence-electron chi connectivity index (χ3n) is 4.38. The Morgan fingerprint density at radius 2 is 1.79 bits per heavy atom. The van der Waals surface area contributed by atoms with Crippen molar-refractivity contribution >= 4 is 38.9 Å². The number of tetrazole rings is 1. The monoisotopic (exact) mass is 473 g/mol. The molecule has 0 aliphatic rings. The summed E-state index contributed by atoms with van der Waals surface area (Å²) >= 11 is 0. The Bertz CT molecular complexity index is 1380. The van der Waals surface area contributed by atoms with Gasteiger partial charge in [-0.25, -0.2) is 26.9 Å². The molecule has 0 fully saturated rings. The summed E-state index contributed by atoms with van der Waals surface area (Å²) in [5.41, 5.74) is 0.968. The second-order valence-electron chi connectivity index (χ2n) is 6.61. The van der Waals surface area contributed by atoms with E-state index in [1.807, 2.05) is 0 Å². The van der Waals surface area contributed by atoms with Crippen LogP contribution in [0, 0.1) is 11.6 Å². The Balaban J connectivity index is 1.61. The first-order valence-electron chi connectivity index (χ1n) is 9.53. The Morgan fingerprint density at radius 3 is 2.52 bits per heavy atom. The molecule has 11 nitrogen and oxygen atoms in total. The summed E-state index contributed by atoms with van der Waals surface area (Å²) in [5.74, 6) is -1.87. The highest BCUT2D eigenvalue weighted by Gasteiger charge is 2.14. The second kappa shape index (κ2) is 9.12. The van der Waals surface area contributed by atoms with E-state index in [0.717, 1.165) is 6.20 Å². The fourth-order valence-corrected chi connectivity index (χ4v) is 3.37. The molecule has 0 unspecified atom stereocenters. The van der Waals surface area contributed by atoms with Crippen molar-refractivity contribution < 1.29 is 17.2 Å². The molecule has 0 spiro atoms. The number of hydrogen-bond donors (Lipinski definition) is 3. The summed E-state index contributed by atoms with van der Waals surface area (Å²) in [6.45, 7) is 1.49. The van der Waals surface area contributed by atoms with Crippen LogP contribution < -0.4 is 15.4 Å². The van der Waals surface area contributed by atoms with E-state index in [0.29, 0.717) is 5.69 Å². The first-order valence-corrected chi connectivity index (χ1v) is 11.2. The number of benzene rings is 2. The van der Waals surface area contributed by atoms with Crippen LogP contribution in [0.1, 0.15) is 6.92 Å². The van der Waals surface area contributed by atoms with Crippen LogP contribution in [0.5, 0.6) is 0 Å². The molecule has 2 heterocycles. The Morgan fingerprint density at radius 1 is 1.00 bits per heavy atom. The number of sulfonamides is 1. The van der Waals surface area contributed by atoms with Crippen LogP contribution in [-0.2, 0) is 10.0 Å². The first-order chi connectivity index (χ1) is 15.8. The number of aromatic nitrogens is 6. The van der Waals surface area contributed by atoms with Gasteiger partial charge in [-0.1, -0.05) is 12.1 Å². The maximum absolute atomic E-state index is 14.4. The van der Waals surface area contributed by atoms with Crippen molar-refractivity contribution in [3.63, 3.8) is 0 Å². The topological polar surface area (TPSA) is 140 Å². The lowest BCUT2D eigenvalue weighted by Crippen LogP contribution is -2.15. The maximum Gasteiger partial charge on any atom is 0.232 e. The Labute approximate surface area is 186 Å². The predicted molar refractivity (Wildman–Crippen MR) is 117 cm³/mol. The van der Waals surface area contributed by atoms with Crippen LogP contribution in [0.25, 0.3) is 5.69 Å². The van der Waals surface area contributed by atoms with Crippen molar-refractivity contribution in [1.82, 2.24) is 30.2 Å². The normalized spacial score (nSPS) is 11.2. The maximum atomic E-state index is 14.4. The Hall–Kier alpha value is -4.20. The van der Waals surface area contributed by atoms with E-state index in [1.54, 1.807) is 18.2 Å². The first kappa shape index (κ1) is 22.0. The van der Waals surface area contributed by atoms with Crippen LogP contribution in [0.3, 0.4) is 0 Å². The van der Waals surface area contributed by atoms with E-state index in [9.17, 15) is 17.2 Å². The van der Waals surface area contributed by atoms with Crippen molar-refractivity contribution in [3.8, 4) is 5.69 Å². The zero-order valence-corrected chi connectivity index (χ0v) is 17.9. The third kappa shape index (κ3) is 5.17. The summed E-state index contributed by atoms with van der Waals surface area (Å²) in [6.07, 6.45) is 2.25. The van der Waals surface area contributed by atoms with Gasteiger partial charge in [-0.05, 0) is 47.7 Å². The summed E-state index contributed by atoms with van der Waals surface area (Å²) in [4.78, 5) is 7.90. The third-order valence-corrected chi connectivity index (χ3v) is 5.67. The lowest BCUT2D eigenvalue weighted by Gasteiger charge is -2.14. The molecule has 170 valence electrons. The highest BCUT2D eigenvalue weighted by Crippen LogP contribution is 2.28. The molecule has 0 amide bonds. The van der Waals surface area contributed by atoms with E-state index in [1.165, 1.54) is 42.2 Å². The average Bonchev–Trinajstić information content (AvgIpc) is 3.34. The van der Waals surface area contributed by atoms with E-state index in [2.05, 4.69) is 40.8 Å². The highest BCUT2D eigenvalue weighted by molar-refractivity contribution is 7.92. The largest absolute Gasteiger partial charge is 0.336 e. The lowest BCUT2D eigenvalue weighted by molar-refractivity contribution is 0.602. The summed E-state index contributed by atoms with van der Waals surface area (Å²) < 4.78 is 56.4. The van der Waals surface area contributed by atoms with Gasteiger partial charge in [0.25, 0.3) is 0 Å². The van der Waals surface area contributed by atoms with Crippen molar-refractivity contribution in [2.45, 2.75) is 6.92 Å². The lowest BCUT2D eigenvalue weighted by atomic mass is 10.2. The smallest absolute Gasteiger partial charge is 0.232 e. The fourth-order valence-electron chi connectivity index (χ4n) is 2.71. The number of nitrogens with zero attached hydrogens (tertiary/aromatic N) is 6. The predicted octanol–water partition coefficient (Wildman–Crippen LogP) is 2.98. The quantitative estimate of drug-likeness (QED) is 0.352. The molecule has 2 aromatic carbocycles. The van der Waals surface area contributed by atoms with E-state index in [4.69, 9.17) is 0 Å². The molecule has 14 heteroatoms. The summed E-state index contributed by atoms with van der Waals surface area (Å²) in [6, 6.07) is 10.5. The molecule has 2 aromatic heterocycles. The minimum Gasteiger partial charge on any atom is -0.336 e. The van der Waals surface area contributed by atoms with Gasteiger partial charge < -0.3 is 10.6 Å². The molecule has 0 saturated carbocycles. The van der Waals surface area contributed by atoms with Gasteiger partial charge >= 0.3 is 0 Å². The standard InChI is InChI=1S/C19H17F2N9O2S/c1-2-33(31,32)27-16-6-4-3-5-15(16)24-18-14(21)10-22-19(26-18)25-17-9-12(7-8-13(17)20)30-11-23-28-29-30/h3-11,27H,2H2,1H3,(H2,22,24,25,26). The van der Waals surface area contributed by atoms with E-state index in [-0.39, 0.29) is 34.6 Å². The van der Waals surface area contributed by atoms with Gasteiger partial charge in [0.2, 0.25) is 16.0 Å². The van der Waals surface area contributed by atoms with Gasteiger partial charge in [-0.3, -0.25) is 4.72 Å². The number of anilines is 5. The number of rotatable bonds is 8. The van der Waals surface area contributed by atoms with Crippen molar-refractivity contribution in [2.24, 2.45) is 0 Å². The van der Waals surface area contributed by atoms with Crippen molar-refractivity contribution in [1.29, 1.82) is 0 Å². The molecule has 0 aliphatic heterocycles. The number of halogens is 2. The summed E-state index contributed by atoms with van der Waals surface area (Å²) in [7, 11) is -3.56. The zero-order valence-electron chi connectivity index (χ0n) is 17.1. The van der Waals surface area contributed by atoms with Crippen LogP contribution in [0.15, 0.2) is 55.0 Å². The van der Waals surface area contributed by atoms with Gasteiger partial charge in [0, 0.05) is 0 Å². The van der Waals surface area contributed by atoms with E-state index < -0.39 is 21.7 Å². The van der Waals surface area contributed by atoms with Gasteiger partial charge in [-0.15, -0.1) is 5.10 Å². The number of nitrogens with one attached hydrogen (secondary N) is 3. The molecule has 4 rings (SSSR count). The molecule has 33 heavy (non-hydrogen) atoms. The molecule has 0 saturated heterocycles. The zero-order chi connectivity index (χ0) is 23.4. The molecule has 0 bridgehead atoms. The summed E-state index contributed by atoms with van der Waals surface area (Å²) in [5, 5.41) is 16.2. The molecule has 0 atom stereocenters. The van der Waals surface area contributed by atoms with Crippen molar-refractivity contribution in [3.05, 3.63) is 66.6 Å². The highest BCUT2D eigenvalue weighted by atomic mass is 32.2. The molecular weight excluding hydrogens is 456 g/mol. The number of hydrogen-bond acceptors (Lipinski definition) is 9. The second-order valence-corrected chi connectivity index (χ2v) is 8.62. The van der Waals surface area contributed by atoms with Gasteiger partial charge in [0.05, 0.1) is 34.7 Å². The SMILES string of the molecule is CCS(=O)(=O)Nc1ccccc1Nc1nc(Nc2cc(-n3cnnn3)ccc2F)ncc1F. The van der Waals surface area contributed by atoms with Crippen LogP contribution >= 0.6 is 0 Å². The van der Waals surface area contributed by atoms with Crippen molar-refractivity contribution in [2.75, 3.05) is 21.1 Å². The molecule has 4 aromatic rings. The van der Waals surface area contributed by atoms with E-state index >= 15 is 0 Å². The molecule has 0 aliphatic carbocycles. The van der Waals surface area contributed by atoms with Crippen LogP contribution in [-0.4, -0.2) is 44.3 Å². The minimum atomic E-state index is -3.56. The fraction of sp³-hybridized carbons (Fsp3) is 0.105. The van der Waals surface area contributed by atoms with Crippen LogP contribution in [0.4, 0.5) is 37.6 Å². The molecular formula is C19H17F2N9O2S. The van der Waals surface area contributed by atoms with Gasteiger partial charge in [0.1, 0.15) is 12.1 Å². The molecule has 3 N–H and O–H groups in total. The average molecular weight is 473 g/mol. The number of para-hydroxylation sites is 2. The van der Waals surface area contributed by atoms with Gasteiger partial charge in [0.15, 0.2) is 11.6 Å². The Kier molecular flexibility index (Phi) is 6.08. The molecule has 0 radical (unpaired) electrons. The minimum absolute atomic E-state index is 0.0108.